The van der Waals surface area contributed by atoms with Crippen molar-refractivity contribution in [1.82, 2.24) is 5.32 Å². The lowest BCUT2D eigenvalue weighted by Crippen LogP contribution is -2.29. The van der Waals surface area contributed by atoms with E-state index in [9.17, 15) is 4.79 Å². The highest BCUT2D eigenvalue weighted by molar-refractivity contribution is 5.73. The van der Waals surface area contributed by atoms with Gasteiger partial charge in [0.2, 0.25) is 5.91 Å². The van der Waals surface area contributed by atoms with E-state index in [4.69, 9.17) is 5.73 Å². The molecule has 94 valence electrons. The van der Waals surface area contributed by atoms with Crippen LogP contribution in [0.5, 0.6) is 0 Å². The van der Waals surface area contributed by atoms with Crippen LogP contribution < -0.4 is 11.1 Å². The predicted octanol–water partition coefficient (Wildman–Crippen LogP) is 2.06. The van der Waals surface area contributed by atoms with Gasteiger partial charge in [-0.15, -0.1) is 0 Å². The van der Waals surface area contributed by atoms with Gasteiger partial charge in [-0.05, 0) is 31.2 Å². The third-order valence-electron chi connectivity index (χ3n) is 3.64. The summed E-state index contributed by atoms with van der Waals surface area (Å²) in [5, 5.41) is 3.33. The molecule has 1 fully saturated rings. The maximum absolute atomic E-state index is 10.5. The number of hydrogen-bond acceptors (Lipinski definition) is 2. The number of amides is 1. The van der Waals surface area contributed by atoms with E-state index < -0.39 is 0 Å². The molecule has 0 saturated heterocycles. The van der Waals surface area contributed by atoms with Gasteiger partial charge in [0.15, 0.2) is 0 Å². The molecule has 0 bridgehead atoms. The van der Waals surface area contributed by atoms with Gasteiger partial charge in [0.25, 0.3) is 0 Å². The fourth-order valence-corrected chi connectivity index (χ4v) is 2.65. The summed E-state index contributed by atoms with van der Waals surface area (Å²) >= 11 is 0. The lowest BCUT2D eigenvalue weighted by Gasteiger charge is -2.28. The molecule has 0 aromatic heterocycles. The zero-order valence-corrected chi connectivity index (χ0v) is 10.5. The van der Waals surface area contributed by atoms with Crippen molar-refractivity contribution < 1.29 is 4.79 Å². The van der Waals surface area contributed by atoms with E-state index in [-0.39, 0.29) is 5.91 Å². The Balaban J connectivity index is 2.01. The molecule has 0 aliphatic heterocycles. The van der Waals surface area contributed by atoms with Crippen LogP contribution in [0, 0.1) is 11.8 Å². The van der Waals surface area contributed by atoms with E-state index in [0.717, 1.165) is 24.9 Å². The Kier molecular flexibility index (Phi) is 6.46. The molecule has 3 N–H and O–H groups in total. The lowest BCUT2D eigenvalue weighted by atomic mass is 9.80. The minimum absolute atomic E-state index is 0.209. The minimum atomic E-state index is -0.209. The van der Waals surface area contributed by atoms with E-state index in [1.165, 1.54) is 38.5 Å². The van der Waals surface area contributed by atoms with Crippen molar-refractivity contribution in [2.24, 2.45) is 17.6 Å². The van der Waals surface area contributed by atoms with Crippen molar-refractivity contribution in [3.05, 3.63) is 0 Å². The Hall–Kier alpha value is -0.570. The number of hydrogen-bond donors (Lipinski definition) is 2. The minimum Gasteiger partial charge on any atom is -0.370 e. The molecular formula is C13H26N2O. The van der Waals surface area contributed by atoms with E-state index in [1.807, 2.05) is 0 Å². The first-order valence-corrected chi connectivity index (χ1v) is 6.71. The maximum atomic E-state index is 10.5. The van der Waals surface area contributed by atoms with Crippen LogP contribution in [0.15, 0.2) is 0 Å². The first-order valence-electron chi connectivity index (χ1n) is 6.71. The fourth-order valence-electron chi connectivity index (χ4n) is 2.65. The van der Waals surface area contributed by atoms with E-state index in [2.05, 4.69) is 12.2 Å². The van der Waals surface area contributed by atoms with Crippen LogP contribution in [0.2, 0.25) is 0 Å². The van der Waals surface area contributed by atoms with Crippen LogP contribution in [-0.4, -0.2) is 19.0 Å². The molecule has 1 aliphatic rings. The SMILES string of the molecule is CCCC1CCC(CNCCC(N)=O)CC1. The smallest absolute Gasteiger partial charge is 0.218 e. The number of primary amides is 1. The summed E-state index contributed by atoms with van der Waals surface area (Å²) in [6.45, 7) is 4.08. The molecule has 0 spiro atoms. The van der Waals surface area contributed by atoms with Gasteiger partial charge in [0, 0.05) is 13.0 Å². The molecular weight excluding hydrogens is 200 g/mol. The highest BCUT2D eigenvalue weighted by Crippen LogP contribution is 2.30. The van der Waals surface area contributed by atoms with E-state index >= 15 is 0 Å². The molecule has 1 aliphatic carbocycles. The van der Waals surface area contributed by atoms with Crippen molar-refractivity contribution in [2.75, 3.05) is 13.1 Å². The number of nitrogens with one attached hydrogen (secondary N) is 1. The van der Waals surface area contributed by atoms with Crippen LogP contribution >= 0.6 is 0 Å². The maximum Gasteiger partial charge on any atom is 0.218 e. The van der Waals surface area contributed by atoms with Gasteiger partial charge in [-0.1, -0.05) is 32.6 Å². The standard InChI is InChI=1S/C13H26N2O/c1-2-3-11-4-6-12(7-5-11)10-15-9-8-13(14)16/h11-12,15H,2-10H2,1H3,(H2,14,16). The summed E-state index contributed by atoms with van der Waals surface area (Å²) in [6, 6.07) is 0. The number of carbonyl (C=O) groups is 1. The number of nitrogens with two attached hydrogens (primary N) is 1. The number of carbonyl (C=O) groups excluding carboxylic acids is 1. The summed E-state index contributed by atoms with van der Waals surface area (Å²) in [6.07, 6.45) is 8.70. The van der Waals surface area contributed by atoms with Crippen LogP contribution in [0.3, 0.4) is 0 Å². The van der Waals surface area contributed by atoms with Gasteiger partial charge in [-0.2, -0.15) is 0 Å². The van der Waals surface area contributed by atoms with Crippen LogP contribution in [0.4, 0.5) is 0 Å². The summed E-state index contributed by atoms with van der Waals surface area (Å²) < 4.78 is 0. The zero-order valence-electron chi connectivity index (χ0n) is 10.5. The first kappa shape index (κ1) is 13.5. The van der Waals surface area contributed by atoms with Gasteiger partial charge in [-0.25, -0.2) is 0 Å². The first-order chi connectivity index (χ1) is 7.72. The van der Waals surface area contributed by atoms with Crippen molar-refractivity contribution >= 4 is 5.91 Å². The average molecular weight is 226 g/mol. The normalized spacial score (nSPS) is 25.6. The molecule has 3 nitrogen and oxygen atoms in total. The van der Waals surface area contributed by atoms with Gasteiger partial charge in [0.1, 0.15) is 0 Å². The number of rotatable bonds is 7. The predicted molar refractivity (Wildman–Crippen MR) is 67.0 cm³/mol. The fraction of sp³-hybridized carbons (Fsp3) is 0.923. The van der Waals surface area contributed by atoms with Gasteiger partial charge < -0.3 is 11.1 Å². The van der Waals surface area contributed by atoms with Crippen LogP contribution in [-0.2, 0) is 4.79 Å². The van der Waals surface area contributed by atoms with E-state index in [0.29, 0.717) is 6.42 Å². The summed E-state index contributed by atoms with van der Waals surface area (Å²) in [5.74, 6) is 1.59. The molecule has 1 rings (SSSR count). The quantitative estimate of drug-likeness (QED) is 0.653. The lowest BCUT2D eigenvalue weighted by molar-refractivity contribution is -0.117. The Morgan fingerprint density at radius 3 is 2.44 bits per heavy atom. The average Bonchev–Trinajstić information content (AvgIpc) is 2.27. The molecule has 0 atom stereocenters. The molecule has 16 heavy (non-hydrogen) atoms. The van der Waals surface area contributed by atoms with Gasteiger partial charge in [-0.3, -0.25) is 4.79 Å². The largest absolute Gasteiger partial charge is 0.370 e. The molecule has 1 saturated carbocycles. The topological polar surface area (TPSA) is 55.1 Å². The Morgan fingerprint density at radius 2 is 1.88 bits per heavy atom. The van der Waals surface area contributed by atoms with Crippen molar-refractivity contribution in [3.63, 3.8) is 0 Å². The molecule has 3 heteroatoms. The molecule has 1 amide bonds. The Labute approximate surface area is 99.2 Å². The third-order valence-corrected chi connectivity index (χ3v) is 3.64. The monoisotopic (exact) mass is 226 g/mol. The van der Waals surface area contributed by atoms with Crippen molar-refractivity contribution in [3.8, 4) is 0 Å². The molecule has 0 unspecified atom stereocenters. The summed E-state index contributed by atoms with van der Waals surface area (Å²) in [5.41, 5.74) is 5.08. The molecule has 0 radical (unpaired) electrons. The summed E-state index contributed by atoms with van der Waals surface area (Å²) in [4.78, 5) is 10.5. The Morgan fingerprint density at radius 1 is 1.25 bits per heavy atom. The zero-order chi connectivity index (χ0) is 11.8. The second kappa shape index (κ2) is 7.66. The summed E-state index contributed by atoms with van der Waals surface area (Å²) in [7, 11) is 0. The highest BCUT2D eigenvalue weighted by Gasteiger charge is 2.19. The molecule has 0 heterocycles. The second-order valence-corrected chi connectivity index (χ2v) is 5.10. The third kappa shape index (κ3) is 5.50. The second-order valence-electron chi connectivity index (χ2n) is 5.10. The van der Waals surface area contributed by atoms with Crippen LogP contribution in [0.1, 0.15) is 51.9 Å². The molecule has 0 aromatic carbocycles. The van der Waals surface area contributed by atoms with Crippen molar-refractivity contribution in [2.45, 2.75) is 51.9 Å². The van der Waals surface area contributed by atoms with Gasteiger partial charge in [0.05, 0.1) is 0 Å². The molecule has 0 aromatic rings. The van der Waals surface area contributed by atoms with Gasteiger partial charge >= 0.3 is 0 Å². The van der Waals surface area contributed by atoms with E-state index in [1.54, 1.807) is 0 Å². The Bertz CT molecular complexity index is 198. The van der Waals surface area contributed by atoms with Crippen LogP contribution in [0.25, 0.3) is 0 Å². The van der Waals surface area contributed by atoms with Crippen molar-refractivity contribution in [1.29, 1.82) is 0 Å². The highest BCUT2D eigenvalue weighted by atomic mass is 16.1.